The molecule has 2 unspecified atom stereocenters. The molecule has 8 heteroatoms. The molecule has 3 fully saturated rings. The van der Waals surface area contributed by atoms with Crippen LogP contribution in [0.15, 0.2) is 18.5 Å². The first kappa shape index (κ1) is 20.1. The summed E-state index contributed by atoms with van der Waals surface area (Å²) in [6.07, 6.45) is 5.62. The third-order valence-corrected chi connectivity index (χ3v) is 6.67. The summed E-state index contributed by atoms with van der Waals surface area (Å²) in [5.41, 5.74) is 0.128. The van der Waals surface area contributed by atoms with Crippen LogP contribution < -0.4 is 10.2 Å². The zero-order chi connectivity index (χ0) is 20.8. The number of anilines is 1. The highest BCUT2D eigenvalue weighted by Crippen LogP contribution is 2.46. The molecule has 1 N–H and O–H groups in total. The molecular formula is C21H27ClN4O3. The van der Waals surface area contributed by atoms with Crippen LogP contribution in [0.1, 0.15) is 39.5 Å². The van der Waals surface area contributed by atoms with E-state index in [1.807, 2.05) is 17.9 Å². The van der Waals surface area contributed by atoms with Crippen molar-refractivity contribution in [3.8, 4) is 0 Å². The number of aromatic nitrogens is 1. The molecule has 7 nitrogen and oxygen atoms in total. The Labute approximate surface area is 175 Å². The Morgan fingerprint density at radius 3 is 2.69 bits per heavy atom. The molecule has 4 rings (SSSR count). The third-order valence-electron chi connectivity index (χ3n) is 6.47. The van der Waals surface area contributed by atoms with Gasteiger partial charge >= 0.3 is 0 Å². The first-order chi connectivity index (χ1) is 13.8. The lowest BCUT2D eigenvalue weighted by atomic mass is 9.81. The molecule has 0 bridgehead atoms. The molecular weight excluding hydrogens is 392 g/mol. The molecule has 3 atom stereocenters. The van der Waals surface area contributed by atoms with Crippen molar-refractivity contribution >= 4 is 34.9 Å². The largest absolute Gasteiger partial charge is 0.364 e. The Bertz CT molecular complexity index is 843. The monoisotopic (exact) mass is 418 g/mol. The highest BCUT2D eigenvalue weighted by atomic mass is 35.5. The van der Waals surface area contributed by atoms with Gasteiger partial charge in [-0.1, -0.05) is 18.5 Å². The van der Waals surface area contributed by atoms with E-state index in [0.29, 0.717) is 31.1 Å². The second-order valence-electron chi connectivity index (χ2n) is 8.69. The molecule has 2 saturated heterocycles. The second kappa shape index (κ2) is 7.59. The highest BCUT2D eigenvalue weighted by molar-refractivity contribution is 6.30. The van der Waals surface area contributed by atoms with E-state index in [0.717, 1.165) is 18.5 Å². The molecule has 2 amide bonds. The molecule has 3 heterocycles. The van der Waals surface area contributed by atoms with Crippen molar-refractivity contribution in [1.82, 2.24) is 15.2 Å². The summed E-state index contributed by atoms with van der Waals surface area (Å²) in [7, 11) is 0. The molecule has 3 aliphatic rings. The lowest BCUT2D eigenvalue weighted by molar-refractivity contribution is -0.137. The van der Waals surface area contributed by atoms with E-state index in [1.54, 1.807) is 12.4 Å². The van der Waals surface area contributed by atoms with E-state index < -0.39 is 5.54 Å². The molecule has 1 aromatic rings. The Hall–Kier alpha value is -2.15. The van der Waals surface area contributed by atoms with Gasteiger partial charge in [0.25, 0.3) is 0 Å². The van der Waals surface area contributed by atoms with E-state index in [1.165, 1.54) is 0 Å². The average Bonchev–Trinajstić information content (AvgIpc) is 3.48. The van der Waals surface area contributed by atoms with Gasteiger partial charge in [0.1, 0.15) is 5.54 Å². The molecule has 1 aromatic heterocycles. The minimum absolute atomic E-state index is 0.0451. The Morgan fingerprint density at radius 2 is 2.10 bits per heavy atom. The summed E-state index contributed by atoms with van der Waals surface area (Å²) in [6.45, 7) is 5.87. The van der Waals surface area contributed by atoms with Crippen LogP contribution in [0.5, 0.6) is 0 Å². The van der Waals surface area contributed by atoms with Gasteiger partial charge in [-0.05, 0) is 38.2 Å². The van der Waals surface area contributed by atoms with E-state index in [-0.39, 0.29) is 41.9 Å². The topological polar surface area (TPSA) is 82.6 Å². The van der Waals surface area contributed by atoms with Crippen LogP contribution in [-0.4, -0.2) is 58.7 Å². The number of nitrogens with zero attached hydrogens (tertiary/aromatic N) is 3. The van der Waals surface area contributed by atoms with Crippen LogP contribution in [-0.2, 0) is 14.4 Å². The van der Waals surface area contributed by atoms with Gasteiger partial charge < -0.3 is 15.1 Å². The lowest BCUT2D eigenvalue weighted by Gasteiger charge is -2.42. The number of nitrogens with one attached hydrogen (secondary N) is 1. The van der Waals surface area contributed by atoms with Gasteiger partial charge in [-0.25, -0.2) is 0 Å². The van der Waals surface area contributed by atoms with Crippen LogP contribution in [0.3, 0.4) is 0 Å². The zero-order valence-corrected chi connectivity index (χ0v) is 17.6. The summed E-state index contributed by atoms with van der Waals surface area (Å²) in [6, 6.07) is 2.02. The highest BCUT2D eigenvalue weighted by Gasteiger charge is 2.56. The van der Waals surface area contributed by atoms with Crippen LogP contribution in [0.4, 0.5) is 5.69 Å². The van der Waals surface area contributed by atoms with Gasteiger partial charge in [0, 0.05) is 37.8 Å². The Kier molecular flexibility index (Phi) is 5.27. The first-order valence-corrected chi connectivity index (χ1v) is 10.7. The molecule has 0 radical (unpaired) electrons. The van der Waals surface area contributed by atoms with Crippen molar-refractivity contribution < 1.29 is 14.4 Å². The number of carbonyl (C=O) groups is 3. The maximum absolute atomic E-state index is 13.2. The number of pyridine rings is 1. The number of carbonyl (C=O) groups excluding carboxylic acids is 3. The minimum atomic E-state index is -0.827. The summed E-state index contributed by atoms with van der Waals surface area (Å²) >= 11 is 6.07. The molecule has 29 heavy (non-hydrogen) atoms. The number of halogens is 1. The Balaban J connectivity index is 1.41. The van der Waals surface area contributed by atoms with Crippen molar-refractivity contribution in [3.05, 3.63) is 23.5 Å². The molecule has 0 spiro atoms. The average molecular weight is 419 g/mol. The van der Waals surface area contributed by atoms with Crippen molar-refractivity contribution in [2.24, 2.45) is 11.8 Å². The third kappa shape index (κ3) is 3.84. The fourth-order valence-electron chi connectivity index (χ4n) is 4.88. The van der Waals surface area contributed by atoms with Crippen molar-refractivity contribution in [2.45, 2.75) is 51.1 Å². The molecule has 156 valence electrons. The van der Waals surface area contributed by atoms with E-state index in [4.69, 9.17) is 11.6 Å². The SMILES string of the molecule is CC(CC1(C2CC2)NC(=O)CC1=O)C(=O)N1CCN(c2cncc(Cl)c2)[C@@H](C)C1. The number of Topliss-reactive ketones (excluding diaryl/α,β-unsaturated/α-hetero) is 1. The number of hydrogen-bond donors (Lipinski definition) is 1. The van der Waals surface area contributed by atoms with Crippen molar-refractivity contribution in [1.29, 1.82) is 0 Å². The lowest BCUT2D eigenvalue weighted by Crippen LogP contribution is -2.56. The smallest absolute Gasteiger partial charge is 0.228 e. The van der Waals surface area contributed by atoms with Gasteiger partial charge in [0.05, 0.1) is 23.3 Å². The Morgan fingerprint density at radius 1 is 1.34 bits per heavy atom. The number of ketones is 1. The number of hydrogen-bond acceptors (Lipinski definition) is 5. The van der Waals surface area contributed by atoms with Crippen LogP contribution in [0, 0.1) is 11.8 Å². The fraction of sp³-hybridized carbons (Fsp3) is 0.619. The van der Waals surface area contributed by atoms with E-state index >= 15 is 0 Å². The predicted octanol–water partition coefficient (Wildman–Crippen LogP) is 2.04. The molecule has 1 aliphatic carbocycles. The summed E-state index contributed by atoms with van der Waals surface area (Å²) in [4.78, 5) is 45.8. The predicted molar refractivity (Wildman–Crippen MR) is 110 cm³/mol. The summed E-state index contributed by atoms with van der Waals surface area (Å²) < 4.78 is 0. The van der Waals surface area contributed by atoms with Gasteiger partial charge in [-0.15, -0.1) is 0 Å². The van der Waals surface area contributed by atoms with Gasteiger partial charge in [-0.3, -0.25) is 19.4 Å². The van der Waals surface area contributed by atoms with Gasteiger partial charge in [0.15, 0.2) is 5.78 Å². The summed E-state index contributed by atoms with van der Waals surface area (Å²) in [5, 5.41) is 3.52. The van der Waals surface area contributed by atoms with Crippen molar-refractivity contribution in [3.63, 3.8) is 0 Å². The van der Waals surface area contributed by atoms with E-state index in [2.05, 4.69) is 22.1 Å². The maximum atomic E-state index is 13.2. The standard InChI is InChI=1S/C21H27ClN4O3/c1-13(9-21(15-3-4-15)18(27)8-19(28)24-21)20(29)25-5-6-26(14(2)12-25)17-7-16(22)10-23-11-17/h7,10-11,13-15H,3-6,8-9,12H2,1-2H3,(H,24,28)/t13?,14-,21?/m0/s1. The molecule has 1 saturated carbocycles. The summed E-state index contributed by atoms with van der Waals surface area (Å²) in [5.74, 6) is -0.336. The van der Waals surface area contributed by atoms with E-state index in [9.17, 15) is 14.4 Å². The number of amides is 2. The van der Waals surface area contributed by atoms with Crippen molar-refractivity contribution in [2.75, 3.05) is 24.5 Å². The zero-order valence-electron chi connectivity index (χ0n) is 16.9. The first-order valence-electron chi connectivity index (χ1n) is 10.3. The normalized spacial score (nSPS) is 28.4. The van der Waals surface area contributed by atoms with Crippen LogP contribution in [0.25, 0.3) is 0 Å². The quantitative estimate of drug-likeness (QED) is 0.740. The number of piperazine rings is 1. The minimum Gasteiger partial charge on any atom is -0.364 e. The molecule has 2 aliphatic heterocycles. The second-order valence-corrected chi connectivity index (χ2v) is 9.12. The van der Waals surface area contributed by atoms with Crippen LogP contribution >= 0.6 is 11.6 Å². The van der Waals surface area contributed by atoms with Gasteiger partial charge in [-0.2, -0.15) is 0 Å². The maximum Gasteiger partial charge on any atom is 0.228 e. The fourth-order valence-corrected chi connectivity index (χ4v) is 5.05. The molecule has 0 aromatic carbocycles. The van der Waals surface area contributed by atoms with Gasteiger partial charge in [0.2, 0.25) is 11.8 Å². The number of rotatable bonds is 5. The van der Waals surface area contributed by atoms with Crippen LogP contribution in [0.2, 0.25) is 5.02 Å².